The van der Waals surface area contributed by atoms with Crippen molar-refractivity contribution in [2.45, 2.75) is 32.7 Å². The summed E-state index contributed by atoms with van der Waals surface area (Å²) >= 11 is 1.62. The van der Waals surface area contributed by atoms with E-state index in [1.165, 1.54) is 5.57 Å². The van der Waals surface area contributed by atoms with Gasteiger partial charge in [0.2, 0.25) is 5.91 Å². The third kappa shape index (κ3) is 5.29. The fourth-order valence-electron chi connectivity index (χ4n) is 5.34. The molecule has 0 aliphatic carbocycles. The number of carbonyl (C=O) groups is 1. The number of H-pyrrole nitrogens is 1. The van der Waals surface area contributed by atoms with E-state index in [-0.39, 0.29) is 5.91 Å². The zero-order valence-electron chi connectivity index (χ0n) is 22.0. The minimum Gasteiger partial charge on any atom is -0.340 e. The Kier molecular flexibility index (Phi) is 7.10. The second kappa shape index (κ2) is 10.8. The molecule has 1 fully saturated rings. The molecule has 3 aromatic heterocycles. The maximum atomic E-state index is 12.9. The van der Waals surface area contributed by atoms with E-state index in [1.54, 1.807) is 17.7 Å². The van der Waals surface area contributed by atoms with Crippen LogP contribution in [-0.4, -0.2) is 92.4 Å². The number of carbonyl (C=O) groups excluding carboxylic acids is 1. The van der Waals surface area contributed by atoms with Crippen LogP contribution in [0.2, 0.25) is 0 Å². The topological polar surface area (TPSA) is 93.3 Å². The average Bonchev–Trinajstić information content (AvgIpc) is 3.59. The molecule has 10 heteroatoms. The maximum Gasteiger partial charge on any atom is 0.224 e. The first-order valence-electron chi connectivity index (χ1n) is 13.4. The van der Waals surface area contributed by atoms with Gasteiger partial charge in [-0.25, -0.2) is 15.0 Å². The number of anilines is 2. The van der Waals surface area contributed by atoms with Crippen molar-refractivity contribution in [3.05, 3.63) is 47.9 Å². The van der Waals surface area contributed by atoms with E-state index in [2.05, 4.69) is 67.1 Å². The Labute approximate surface area is 226 Å². The summed E-state index contributed by atoms with van der Waals surface area (Å²) in [6.07, 6.45) is 5.17. The fraction of sp³-hybridized carbons (Fsp3) is 0.429. The SMILES string of the molecule is CC(C)N1CCN(CCC(=O)N2CC=C(c3cc4c(Nc5ccc6ncsc6c5)ncnc4[nH]3)CC2)CC1. The Hall–Kier alpha value is -3.34. The van der Waals surface area contributed by atoms with Crippen LogP contribution >= 0.6 is 11.3 Å². The number of amides is 1. The molecule has 1 aromatic carbocycles. The highest BCUT2D eigenvalue weighted by atomic mass is 32.1. The van der Waals surface area contributed by atoms with Crippen LogP contribution in [0.1, 0.15) is 32.4 Å². The first-order valence-corrected chi connectivity index (χ1v) is 14.3. The summed E-state index contributed by atoms with van der Waals surface area (Å²) in [5.74, 6) is 1.02. The number of fused-ring (bicyclic) bond motifs is 2. The minimum absolute atomic E-state index is 0.249. The molecule has 0 radical (unpaired) electrons. The number of thiazole rings is 1. The summed E-state index contributed by atoms with van der Waals surface area (Å²) in [4.78, 5) is 36.6. The molecule has 5 heterocycles. The Bertz CT molecular complexity index is 1470. The number of piperazine rings is 1. The van der Waals surface area contributed by atoms with Gasteiger partial charge < -0.3 is 20.1 Å². The largest absolute Gasteiger partial charge is 0.340 e. The number of nitrogens with zero attached hydrogens (tertiary/aromatic N) is 6. The molecule has 4 aromatic rings. The Morgan fingerprint density at radius 3 is 2.76 bits per heavy atom. The van der Waals surface area contributed by atoms with Gasteiger partial charge in [-0.05, 0) is 50.1 Å². The number of rotatable bonds is 7. The van der Waals surface area contributed by atoms with Crippen molar-refractivity contribution in [1.29, 1.82) is 0 Å². The van der Waals surface area contributed by atoms with E-state index < -0.39 is 0 Å². The molecule has 0 atom stereocenters. The quantitative estimate of drug-likeness (QED) is 0.367. The van der Waals surface area contributed by atoms with Crippen molar-refractivity contribution >= 4 is 55.6 Å². The number of benzene rings is 1. The first kappa shape index (κ1) is 25.0. The summed E-state index contributed by atoms with van der Waals surface area (Å²) in [7, 11) is 0. The molecule has 0 spiro atoms. The molecule has 1 amide bonds. The summed E-state index contributed by atoms with van der Waals surface area (Å²) in [5.41, 5.74) is 6.88. The summed E-state index contributed by atoms with van der Waals surface area (Å²) < 4.78 is 1.13. The molecule has 38 heavy (non-hydrogen) atoms. The van der Waals surface area contributed by atoms with Gasteiger partial charge in [0.25, 0.3) is 0 Å². The van der Waals surface area contributed by atoms with Crippen LogP contribution in [0.3, 0.4) is 0 Å². The second-order valence-corrected chi connectivity index (χ2v) is 11.3. The molecular formula is C28H34N8OS. The van der Waals surface area contributed by atoms with Crippen molar-refractivity contribution in [3.8, 4) is 0 Å². The van der Waals surface area contributed by atoms with Crippen molar-refractivity contribution in [2.75, 3.05) is 51.1 Å². The smallest absolute Gasteiger partial charge is 0.224 e. The van der Waals surface area contributed by atoms with E-state index >= 15 is 0 Å². The predicted octanol–water partition coefficient (Wildman–Crippen LogP) is 4.34. The van der Waals surface area contributed by atoms with Crippen LogP contribution in [0.15, 0.2) is 42.2 Å². The fourth-order valence-corrected chi connectivity index (χ4v) is 6.05. The molecule has 0 saturated carbocycles. The van der Waals surface area contributed by atoms with Gasteiger partial charge in [0.05, 0.1) is 21.1 Å². The van der Waals surface area contributed by atoms with Crippen LogP contribution < -0.4 is 5.32 Å². The van der Waals surface area contributed by atoms with Crippen molar-refractivity contribution < 1.29 is 4.79 Å². The molecular weight excluding hydrogens is 496 g/mol. The Morgan fingerprint density at radius 2 is 1.97 bits per heavy atom. The lowest BCUT2D eigenvalue weighted by Gasteiger charge is -2.37. The molecule has 6 rings (SSSR count). The van der Waals surface area contributed by atoms with Gasteiger partial charge in [0, 0.05) is 69.7 Å². The van der Waals surface area contributed by atoms with Gasteiger partial charge in [0.1, 0.15) is 17.8 Å². The van der Waals surface area contributed by atoms with Gasteiger partial charge in [-0.1, -0.05) is 6.08 Å². The monoisotopic (exact) mass is 530 g/mol. The van der Waals surface area contributed by atoms with Gasteiger partial charge in [-0.15, -0.1) is 11.3 Å². The molecule has 2 N–H and O–H groups in total. The van der Waals surface area contributed by atoms with E-state index in [4.69, 9.17) is 0 Å². The lowest BCUT2D eigenvalue weighted by atomic mass is 10.0. The molecule has 0 bridgehead atoms. The Balaban J connectivity index is 1.08. The van der Waals surface area contributed by atoms with Crippen molar-refractivity contribution in [1.82, 2.24) is 34.6 Å². The van der Waals surface area contributed by atoms with Crippen LogP contribution in [0, 0.1) is 0 Å². The Morgan fingerprint density at radius 1 is 1.11 bits per heavy atom. The van der Waals surface area contributed by atoms with Crippen LogP contribution in [0.4, 0.5) is 11.5 Å². The molecule has 2 aliphatic rings. The summed E-state index contributed by atoms with van der Waals surface area (Å²) in [5, 5.41) is 4.39. The van der Waals surface area contributed by atoms with E-state index in [9.17, 15) is 4.79 Å². The molecule has 1 saturated heterocycles. The van der Waals surface area contributed by atoms with E-state index in [0.29, 0.717) is 19.0 Å². The van der Waals surface area contributed by atoms with Crippen molar-refractivity contribution in [3.63, 3.8) is 0 Å². The van der Waals surface area contributed by atoms with Gasteiger partial charge in [-0.3, -0.25) is 9.69 Å². The molecule has 0 unspecified atom stereocenters. The molecule has 198 valence electrons. The predicted molar refractivity (Wildman–Crippen MR) is 154 cm³/mol. The summed E-state index contributed by atoms with van der Waals surface area (Å²) in [6, 6.07) is 8.84. The highest BCUT2D eigenvalue weighted by Crippen LogP contribution is 2.30. The maximum absolute atomic E-state index is 12.9. The lowest BCUT2D eigenvalue weighted by Crippen LogP contribution is -2.49. The average molecular weight is 531 g/mol. The molecule has 2 aliphatic heterocycles. The van der Waals surface area contributed by atoms with Gasteiger partial charge in [-0.2, -0.15) is 0 Å². The first-order chi connectivity index (χ1) is 18.5. The number of hydrogen-bond acceptors (Lipinski definition) is 8. The number of hydrogen-bond donors (Lipinski definition) is 2. The third-order valence-corrected chi connectivity index (χ3v) is 8.50. The van der Waals surface area contributed by atoms with Crippen LogP contribution in [0.5, 0.6) is 0 Å². The number of aromatic nitrogens is 4. The molecule has 9 nitrogen and oxygen atoms in total. The van der Waals surface area contributed by atoms with Gasteiger partial charge in [0.15, 0.2) is 0 Å². The highest BCUT2D eigenvalue weighted by molar-refractivity contribution is 7.16. The standard InChI is InChI=1S/C28H34N8OS/c1-19(2)35-13-11-34(12-14-35)8-7-26(37)36-9-5-20(6-10-36)24-16-22-27(29-17-30-28(22)33-24)32-21-3-4-23-25(15-21)38-18-31-23/h3-5,15-19H,6-14H2,1-2H3,(H2,29,30,32,33). The minimum atomic E-state index is 0.249. The third-order valence-electron chi connectivity index (χ3n) is 7.71. The van der Waals surface area contributed by atoms with Crippen LogP contribution in [0.25, 0.3) is 26.8 Å². The van der Waals surface area contributed by atoms with E-state index in [0.717, 1.165) is 84.1 Å². The van der Waals surface area contributed by atoms with Crippen molar-refractivity contribution in [2.24, 2.45) is 0 Å². The summed E-state index contributed by atoms with van der Waals surface area (Å²) in [6.45, 7) is 11.0. The second-order valence-electron chi connectivity index (χ2n) is 10.4. The normalized spacial score (nSPS) is 17.4. The number of aromatic amines is 1. The van der Waals surface area contributed by atoms with E-state index in [1.807, 2.05) is 22.5 Å². The van der Waals surface area contributed by atoms with Crippen LogP contribution in [-0.2, 0) is 4.79 Å². The lowest BCUT2D eigenvalue weighted by molar-refractivity contribution is -0.131. The van der Waals surface area contributed by atoms with Gasteiger partial charge >= 0.3 is 0 Å². The zero-order chi connectivity index (χ0) is 26.1. The highest BCUT2D eigenvalue weighted by Gasteiger charge is 2.22. The number of nitrogens with one attached hydrogen (secondary N) is 2. The zero-order valence-corrected chi connectivity index (χ0v) is 22.8.